The van der Waals surface area contributed by atoms with Crippen LogP contribution < -0.4 is 10.1 Å². The summed E-state index contributed by atoms with van der Waals surface area (Å²) in [5.74, 6) is -0.378. The molecule has 32 heavy (non-hydrogen) atoms. The molecule has 2 N–H and O–H groups in total. The molecule has 0 aliphatic carbocycles. The van der Waals surface area contributed by atoms with Crippen LogP contribution in [0.3, 0.4) is 0 Å². The number of hydrogen-bond donors (Lipinski definition) is 2. The number of para-hydroxylation sites is 2. The van der Waals surface area contributed by atoms with Crippen molar-refractivity contribution in [2.75, 3.05) is 10.1 Å². The number of anilines is 1. The SMILES string of the molecule is Cc1cc(C)c(S(=O)(=O)Nc2cc(C(=O)Nn3cnc4ccccc43)ccc2C)c(C)c1. The normalized spacial score (nSPS) is 11.5. The van der Waals surface area contributed by atoms with Gasteiger partial charge in [-0.15, -0.1) is 0 Å². The lowest BCUT2D eigenvalue weighted by molar-refractivity contribution is 0.101. The van der Waals surface area contributed by atoms with Crippen LogP contribution in [0.15, 0.2) is 65.8 Å². The molecule has 4 rings (SSSR count). The minimum Gasteiger partial charge on any atom is -0.279 e. The minimum atomic E-state index is -3.83. The average Bonchev–Trinajstić information content (AvgIpc) is 3.11. The second-order valence-electron chi connectivity index (χ2n) is 7.91. The molecule has 1 heterocycles. The van der Waals surface area contributed by atoms with Gasteiger partial charge in [0.2, 0.25) is 0 Å². The van der Waals surface area contributed by atoms with Gasteiger partial charge in [-0.1, -0.05) is 35.9 Å². The summed E-state index contributed by atoms with van der Waals surface area (Å²) >= 11 is 0. The fraction of sp³-hybridized carbons (Fsp3) is 0.167. The summed E-state index contributed by atoms with van der Waals surface area (Å²) in [7, 11) is -3.83. The Bertz CT molecular complexity index is 1430. The number of hydrogen-bond acceptors (Lipinski definition) is 4. The molecule has 0 atom stereocenters. The molecule has 0 fully saturated rings. The smallest absolute Gasteiger partial charge is 0.270 e. The van der Waals surface area contributed by atoms with Gasteiger partial charge in [0.1, 0.15) is 6.33 Å². The first kappa shape index (κ1) is 21.6. The quantitative estimate of drug-likeness (QED) is 0.472. The molecular weight excluding hydrogens is 424 g/mol. The second kappa shape index (κ2) is 8.12. The molecule has 3 aromatic carbocycles. The Morgan fingerprint density at radius 3 is 2.31 bits per heavy atom. The number of amides is 1. The number of nitrogens with zero attached hydrogens (tertiary/aromatic N) is 2. The molecule has 164 valence electrons. The number of rotatable bonds is 5. The largest absolute Gasteiger partial charge is 0.279 e. The van der Waals surface area contributed by atoms with Crippen LogP contribution in [0.4, 0.5) is 5.69 Å². The number of aromatic nitrogens is 2. The average molecular weight is 449 g/mol. The van der Waals surface area contributed by atoms with Crippen molar-refractivity contribution in [2.24, 2.45) is 0 Å². The van der Waals surface area contributed by atoms with Crippen molar-refractivity contribution in [1.82, 2.24) is 9.66 Å². The third-order valence-electron chi connectivity index (χ3n) is 5.29. The number of benzene rings is 3. The minimum absolute atomic E-state index is 0.252. The zero-order valence-electron chi connectivity index (χ0n) is 18.3. The van der Waals surface area contributed by atoms with E-state index in [-0.39, 0.29) is 10.8 Å². The monoisotopic (exact) mass is 448 g/mol. The highest BCUT2D eigenvalue weighted by atomic mass is 32.2. The van der Waals surface area contributed by atoms with E-state index >= 15 is 0 Å². The Balaban J connectivity index is 1.64. The van der Waals surface area contributed by atoms with Crippen molar-refractivity contribution in [3.05, 3.63) is 88.7 Å². The molecule has 1 amide bonds. The van der Waals surface area contributed by atoms with Crippen LogP contribution in [0.2, 0.25) is 0 Å². The molecule has 0 spiro atoms. The summed E-state index contributed by atoms with van der Waals surface area (Å²) in [5, 5.41) is 0. The van der Waals surface area contributed by atoms with Gasteiger partial charge in [0, 0.05) is 5.56 Å². The zero-order chi connectivity index (χ0) is 23.0. The molecular formula is C24H24N4O3S. The van der Waals surface area contributed by atoms with Crippen molar-refractivity contribution < 1.29 is 13.2 Å². The lowest BCUT2D eigenvalue weighted by Crippen LogP contribution is -2.22. The standard InChI is InChI=1S/C24H24N4O3S/c1-15-11-17(3)23(18(4)12-15)32(30,31)27-21-13-19(10-9-16(21)2)24(29)26-28-14-25-20-7-5-6-8-22(20)28/h5-14,27H,1-4H3,(H,26,29). The van der Waals surface area contributed by atoms with E-state index < -0.39 is 10.0 Å². The maximum absolute atomic E-state index is 13.2. The Morgan fingerprint density at radius 1 is 0.906 bits per heavy atom. The molecule has 0 aliphatic heterocycles. The van der Waals surface area contributed by atoms with E-state index in [0.29, 0.717) is 27.9 Å². The summed E-state index contributed by atoms with van der Waals surface area (Å²) in [6.45, 7) is 7.28. The van der Waals surface area contributed by atoms with Gasteiger partial charge in [0.25, 0.3) is 15.9 Å². The second-order valence-corrected chi connectivity index (χ2v) is 9.53. The number of aryl methyl sites for hydroxylation is 4. The molecule has 7 nitrogen and oxygen atoms in total. The Hall–Kier alpha value is -3.65. The van der Waals surface area contributed by atoms with Gasteiger partial charge in [-0.3, -0.25) is 14.9 Å². The Kier molecular flexibility index (Phi) is 5.48. The van der Waals surface area contributed by atoms with Crippen molar-refractivity contribution in [2.45, 2.75) is 32.6 Å². The van der Waals surface area contributed by atoms with Gasteiger partial charge in [-0.05, 0) is 68.7 Å². The maximum atomic E-state index is 13.2. The van der Waals surface area contributed by atoms with Crippen LogP contribution in [0.5, 0.6) is 0 Å². The fourth-order valence-corrected chi connectivity index (χ4v) is 5.46. The molecule has 0 saturated carbocycles. The third kappa shape index (κ3) is 4.09. The molecule has 0 unspecified atom stereocenters. The van der Waals surface area contributed by atoms with Crippen LogP contribution >= 0.6 is 0 Å². The van der Waals surface area contributed by atoms with Gasteiger partial charge < -0.3 is 0 Å². The first-order valence-corrected chi connectivity index (χ1v) is 11.6. The summed E-state index contributed by atoms with van der Waals surface area (Å²) in [6, 6.07) is 16.0. The van der Waals surface area contributed by atoms with Crippen molar-refractivity contribution in [3.63, 3.8) is 0 Å². The number of fused-ring (bicyclic) bond motifs is 1. The van der Waals surface area contributed by atoms with E-state index in [1.54, 1.807) is 43.6 Å². The molecule has 1 aromatic heterocycles. The van der Waals surface area contributed by atoms with E-state index in [2.05, 4.69) is 15.1 Å². The molecule has 4 aromatic rings. The van der Waals surface area contributed by atoms with Crippen LogP contribution in [0, 0.1) is 27.7 Å². The number of sulfonamides is 1. The predicted molar refractivity (Wildman–Crippen MR) is 126 cm³/mol. The van der Waals surface area contributed by atoms with E-state index in [0.717, 1.165) is 16.6 Å². The fourth-order valence-electron chi connectivity index (χ4n) is 3.88. The Labute approximate surface area is 187 Å². The van der Waals surface area contributed by atoms with E-state index in [1.807, 2.05) is 43.3 Å². The number of carbonyl (C=O) groups excluding carboxylic acids is 1. The van der Waals surface area contributed by atoms with Crippen molar-refractivity contribution in [1.29, 1.82) is 0 Å². The topological polar surface area (TPSA) is 93.1 Å². The van der Waals surface area contributed by atoms with Gasteiger partial charge in [0.15, 0.2) is 0 Å². The number of imidazole rings is 1. The molecule has 8 heteroatoms. The van der Waals surface area contributed by atoms with Crippen LogP contribution in [-0.2, 0) is 10.0 Å². The highest BCUT2D eigenvalue weighted by Crippen LogP contribution is 2.26. The lowest BCUT2D eigenvalue weighted by atomic mass is 10.1. The lowest BCUT2D eigenvalue weighted by Gasteiger charge is -2.16. The summed E-state index contributed by atoms with van der Waals surface area (Å²) in [5.41, 5.74) is 8.04. The van der Waals surface area contributed by atoms with Crippen LogP contribution in [0.1, 0.15) is 32.6 Å². The predicted octanol–water partition coefficient (Wildman–Crippen LogP) is 4.45. The molecule has 0 radical (unpaired) electrons. The molecule has 0 bridgehead atoms. The highest BCUT2D eigenvalue weighted by Gasteiger charge is 2.21. The first-order chi connectivity index (χ1) is 15.2. The van der Waals surface area contributed by atoms with Crippen molar-refractivity contribution >= 4 is 32.7 Å². The van der Waals surface area contributed by atoms with Gasteiger partial charge in [0.05, 0.1) is 21.6 Å². The van der Waals surface area contributed by atoms with Gasteiger partial charge >= 0.3 is 0 Å². The summed E-state index contributed by atoms with van der Waals surface area (Å²) < 4.78 is 30.5. The van der Waals surface area contributed by atoms with Crippen LogP contribution in [0.25, 0.3) is 11.0 Å². The van der Waals surface area contributed by atoms with Gasteiger partial charge in [-0.2, -0.15) is 0 Å². The first-order valence-electron chi connectivity index (χ1n) is 10.1. The highest BCUT2D eigenvalue weighted by molar-refractivity contribution is 7.92. The van der Waals surface area contributed by atoms with Gasteiger partial charge in [-0.25, -0.2) is 18.1 Å². The maximum Gasteiger partial charge on any atom is 0.270 e. The Morgan fingerprint density at radius 2 is 1.59 bits per heavy atom. The van der Waals surface area contributed by atoms with Crippen LogP contribution in [-0.4, -0.2) is 24.0 Å². The van der Waals surface area contributed by atoms with Crippen molar-refractivity contribution in [3.8, 4) is 0 Å². The molecule has 0 aliphatic rings. The third-order valence-corrected chi connectivity index (χ3v) is 6.96. The number of nitrogens with one attached hydrogen (secondary N) is 2. The number of carbonyl (C=O) groups is 1. The summed E-state index contributed by atoms with van der Waals surface area (Å²) in [4.78, 5) is 17.4. The van der Waals surface area contributed by atoms with E-state index in [1.165, 1.54) is 6.33 Å². The molecule has 0 saturated heterocycles. The van der Waals surface area contributed by atoms with E-state index in [4.69, 9.17) is 0 Å². The van der Waals surface area contributed by atoms with E-state index in [9.17, 15) is 13.2 Å². The zero-order valence-corrected chi connectivity index (χ0v) is 19.1. The summed E-state index contributed by atoms with van der Waals surface area (Å²) in [6.07, 6.45) is 1.53.